The summed E-state index contributed by atoms with van der Waals surface area (Å²) in [6.45, 7) is 0. The van der Waals surface area contributed by atoms with Gasteiger partial charge in [-0.05, 0) is 46.2 Å². The van der Waals surface area contributed by atoms with Gasteiger partial charge in [-0.2, -0.15) is 0 Å². The quantitative estimate of drug-likeness (QED) is 0.295. The molecule has 0 radical (unpaired) electrons. The SMILES string of the molecule is C1=CC(Cc2ccccc2)=C(C(c2ccccc2)(c2ccccc2)c2ccccc2)C1. The maximum atomic E-state index is 2.34. The monoisotopic (exact) mass is 398 g/mol. The predicted molar refractivity (Wildman–Crippen MR) is 130 cm³/mol. The van der Waals surface area contributed by atoms with Gasteiger partial charge in [0.25, 0.3) is 0 Å². The number of benzene rings is 4. The van der Waals surface area contributed by atoms with Crippen LogP contribution in [0, 0.1) is 0 Å². The summed E-state index contributed by atoms with van der Waals surface area (Å²) in [5, 5.41) is 0. The maximum absolute atomic E-state index is 2.34. The summed E-state index contributed by atoms with van der Waals surface area (Å²) in [6, 6.07) is 43.8. The van der Waals surface area contributed by atoms with Crippen LogP contribution in [0.3, 0.4) is 0 Å². The fraction of sp³-hybridized carbons (Fsp3) is 0.0968. The molecular weight excluding hydrogens is 372 g/mol. The Bertz CT molecular complexity index is 1090. The van der Waals surface area contributed by atoms with Crippen LogP contribution in [0.15, 0.2) is 145 Å². The first-order valence-electron chi connectivity index (χ1n) is 11.0. The third-order valence-electron chi connectivity index (χ3n) is 6.34. The highest BCUT2D eigenvalue weighted by Gasteiger charge is 2.41. The molecule has 0 heteroatoms. The van der Waals surface area contributed by atoms with Gasteiger partial charge in [0.15, 0.2) is 0 Å². The molecule has 0 saturated heterocycles. The second kappa shape index (κ2) is 8.62. The van der Waals surface area contributed by atoms with E-state index in [1.54, 1.807) is 0 Å². The van der Waals surface area contributed by atoms with Crippen molar-refractivity contribution >= 4 is 0 Å². The van der Waals surface area contributed by atoms with Crippen LogP contribution in [0.5, 0.6) is 0 Å². The zero-order chi connectivity index (χ0) is 20.9. The molecule has 4 aromatic rings. The summed E-state index contributed by atoms with van der Waals surface area (Å²) in [5.74, 6) is 0. The van der Waals surface area contributed by atoms with E-state index < -0.39 is 0 Å². The van der Waals surface area contributed by atoms with Crippen molar-refractivity contribution in [2.75, 3.05) is 0 Å². The van der Waals surface area contributed by atoms with E-state index in [1.165, 1.54) is 33.4 Å². The molecule has 150 valence electrons. The van der Waals surface area contributed by atoms with Crippen molar-refractivity contribution in [3.63, 3.8) is 0 Å². The lowest BCUT2D eigenvalue weighted by Gasteiger charge is -2.39. The summed E-state index contributed by atoms with van der Waals surface area (Å²) < 4.78 is 0. The Hall–Kier alpha value is -3.64. The molecule has 0 N–H and O–H groups in total. The van der Waals surface area contributed by atoms with Crippen LogP contribution in [-0.4, -0.2) is 0 Å². The van der Waals surface area contributed by atoms with E-state index in [-0.39, 0.29) is 5.41 Å². The van der Waals surface area contributed by atoms with Crippen molar-refractivity contribution in [1.29, 1.82) is 0 Å². The van der Waals surface area contributed by atoms with Crippen LogP contribution >= 0.6 is 0 Å². The van der Waals surface area contributed by atoms with Gasteiger partial charge in [0.05, 0.1) is 5.41 Å². The molecule has 0 aliphatic heterocycles. The predicted octanol–water partition coefficient (Wildman–Crippen LogP) is 7.52. The van der Waals surface area contributed by atoms with Crippen molar-refractivity contribution in [2.45, 2.75) is 18.3 Å². The molecule has 0 spiro atoms. The topological polar surface area (TPSA) is 0 Å². The Morgan fingerprint density at radius 3 is 1.39 bits per heavy atom. The number of rotatable bonds is 6. The third kappa shape index (κ3) is 3.55. The summed E-state index contributed by atoms with van der Waals surface area (Å²) in [7, 11) is 0. The van der Waals surface area contributed by atoms with Crippen molar-refractivity contribution in [1.82, 2.24) is 0 Å². The molecule has 0 fully saturated rings. The van der Waals surface area contributed by atoms with Gasteiger partial charge in [-0.15, -0.1) is 0 Å². The van der Waals surface area contributed by atoms with Gasteiger partial charge in [-0.3, -0.25) is 0 Å². The van der Waals surface area contributed by atoms with Crippen molar-refractivity contribution in [3.8, 4) is 0 Å². The lowest BCUT2D eigenvalue weighted by molar-refractivity contribution is 0.702. The normalized spacial score (nSPS) is 13.5. The van der Waals surface area contributed by atoms with Crippen molar-refractivity contribution in [3.05, 3.63) is 167 Å². The van der Waals surface area contributed by atoms with Gasteiger partial charge >= 0.3 is 0 Å². The second-order valence-electron chi connectivity index (χ2n) is 8.12. The first kappa shape index (κ1) is 19.3. The lowest BCUT2D eigenvalue weighted by atomic mass is 9.63. The highest BCUT2D eigenvalue weighted by Crippen LogP contribution is 2.49. The van der Waals surface area contributed by atoms with Crippen molar-refractivity contribution < 1.29 is 0 Å². The minimum atomic E-state index is -0.322. The molecular formula is C31H26. The van der Waals surface area contributed by atoms with Gasteiger partial charge in [0.2, 0.25) is 0 Å². The molecule has 0 saturated carbocycles. The second-order valence-corrected chi connectivity index (χ2v) is 8.12. The fourth-order valence-corrected chi connectivity index (χ4v) is 5.01. The summed E-state index contributed by atoms with van der Waals surface area (Å²) >= 11 is 0. The molecule has 0 heterocycles. The Morgan fingerprint density at radius 2 is 0.935 bits per heavy atom. The van der Waals surface area contributed by atoms with E-state index in [2.05, 4.69) is 133 Å². The minimum Gasteiger partial charge on any atom is -0.0801 e. The van der Waals surface area contributed by atoms with E-state index >= 15 is 0 Å². The average Bonchev–Trinajstić information content (AvgIpc) is 3.31. The Balaban J connectivity index is 1.81. The zero-order valence-corrected chi connectivity index (χ0v) is 17.6. The highest BCUT2D eigenvalue weighted by molar-refractivity contribution is 5.62. The van der Waals surface area contributed by atoms with Crippen LogP contribution < -0.4 is 0 Å². The largest absolute Gasteiger partial charge is 0.0801 e. The summed E-state index contributed by atoms with van der Waals surface area (Å²) in [5.41, 5.74) is 7.87. The van der Waals surface area contributed by atoms with E-state index in [0.717, 1.165) is 12.8 Å². The number of hydrogen-bond acceptors (Lipinski definition) is 0. The van der Waals surface area contributed by atoms with E-state index in [1.807, 2.05) is 0 Å². The smallest absolute Gasteiger partial charge is 0.0670 e. The zero-order valence-electron chi connectivity index (χ0n) is 17.6. The van der Waals surface area contributed by atoms with Crippen molar-refractivity contribution in [2.24, 2.45) is 0 Å². The van der Waals surface area contributed by atoms with E-state index in [4.69, 9.17) is 0 Å². The Morgan fingerprint density at radius 1 is 0.516 bits per heavy atom. The standard InChI is InChI=1S/C31H26/c1-5-14-25(15-6-1)24-26-16-13-23-30(26)31(27-17-7-2-8-18-27,28-19-9-3-10-20-28)29-21-11-4-12-22-29/h1-22H,23-24H2. The van der Waals surface area contributed by atoms with Gasteiger partial charge in [-0.25, -0.2) is 0 Å². The first-order chi connectivity index (χ1) is 15.4. The molecule has 4 aromatic carbocycles. The molecule has 0 amide bonds. The van der Waals surface area contributed by atoms with Gasteiger partial charge < -0.3 is 0 Å². The molecule has 1 aliphatic rings. The molecule has 0 unspecified atom stereocenters. The number of allylic oxidation sites excluding steroid dienone is 4. The molecule has 1 aliphatic carbocycles. The minimum absolute atomic E-state index is 0.322. The number of hydrogen-bond donors (Lipinski definition) is 0. The maximum Gasteiger partial charge on any atom is 0.0670 e. The Labute approximate surface area is 185 Å². The molecule has 0 bridgehead atoms. The van der Waals surface area contributed by atoms with Gasteiger partial charge in [-0.1, -0.05) is 133 Å². The third-order valence-corrected chi connectivity index (χ3v) is 6.34. The van der Waals surface area contributed by atoms with Crippen LogP contribution in [0.1, 0.15) is 28.7 Å². The molecule has 0 aromatic heterocycles. The lowest BCUT2D eigenvalue weighted by Crippen LogP contribution is -2.32. The van der Waals surface area contributed by atoms with Crippen LogP contribution in [0.4, 0.5) is 0 Å². The molecule has 31 heavy (non-hydrogen) atoms. The van der Waals surface area contributed by atoms with E-state index in [0.29, 0.717) is 0 Å². The van der Waals surface area contributed by atoms with E-state index in [9.17, 15) is 0 Å². The molecule has 0 atom stereocenters. The average molecular weight is 399 g/mol. The van der Waals surface area contributed by atoms with Crippen LogP contribution in [0.25, 0.3) is 0 Å². The van der Waals surface area contributed by atoms with Gasteiger partial charge in [0.1, 0.15) is 0 Å². The molecule has 5 rings (SSSR count). The summed E-state index contributed by atoms with van der Waals surface area (Å²) in [6.07, 6.45) is 6.57. The first-order valence-corrected chi connectivity index (χ1v) is 11.0. The highest BCUT2D eigenvalue weighted by atomic mass is 14.4. The van der Waals surface area contributed by atoms with Crippen LogP contribution in [-0.2, 0) is 11.8 Å². The van der Waals surface area contributed by atoms with Crippen LogP contribution in [0.2, 0.25) is 0 Å². The molecule has 0 nitrogen and oxygen atoms in total. The van der Waals surface area contributed by atoms with Gasteiger partial charge in [0, 0.05) is 0 Å². The summed E-state index contributed by atoms with van der Waals surface area (Å²) in [4.78, 5) is 0. The fourth-order valence-electron chi connectivity index (χ4n) is 5.01. The Kier molecular flexibility index (Phi) is 5.37.